The number of thiophene rings is 1. The molecule has 1 aliphatic heterocycles. The molecule has 6 heteroatoms. The third-order valence-electron chi connectivity index (χ3n) is 2.86. The number of nitrogens with zero attached hydrogens (tertiary/aromatic N) is 1. The molecular formula is C13H15NO4S. The molecule has 1 unspecified atom stereocenters. The smallest absolute Gasteiger partial charge is 0.328 e. The number of carbonyl (C=O) groups excluding carboxylic acids is 1. The average molecular weight is 281 g/mol. The van der Waals surface area contributed by atoms with Crippen molar-refractivity contribution in [2.45, 2.75) is 13.0 Å². The lowest BCUT2D eigenvalue weighted by molar-refractivity contribution is -0.131. The van der Waals surface area contributed by atoms with Gasteiger partial charge in [-0.05, 0) is 25.1 Å². The van der Waals surface area contributed by atoms with Crippen LogP contribution in [0.1, 0.15) is 21.5 Å². The summed E-state index contributed by atoms with van der Waals surface area (Å²) < 4.78 is 5.30. The monoisotopic (exact) mass is 281 g/mol. The fraction of sp³-hybridized carbons (Fsp3) is 0.385. The number of hydrogen-bond donors (Lipinski definition) is 1. The SMILES string of the molecule is CC1COCCN1C(=O)c1ccc(C=CC(=O)O)s1. The van der Waals surface area contributed by atoms with Crippen LogP contribution in [0.15, 0.2) is 18.2 Å². The Kier molecular flexibility index (Phi) is 4.34. The quantitative estimate of drug-likeness (QED) is 0.856. The predicted octanol–water partition coefficient (Wildman–Crippen LogP) is 1.71. The summed E-state index contributed by atoms with van der Waals surface area (Å²) in [6.07, 6.45) is 2.56. The first-order valence-electron chi connectivity index (χ1n) is 5.97. The highest BCUT2D eigenvalue weighted by Crippen LogP contribution is 2.21. The highest BCUT2D eigenvalue weighted by atomic mass is 32.1. The topological polar surface area (TPSA) is 66.8 Å². The summed E-state index contributed by atoms with van der Waals surface area (Å²) in [5.41, 5.74) is 0. The van der Waals surface area contributed by atoms with Crippen molar-refractivity contribution in [1.82, 2.24) is 4.90 Å². The molecule has 1 aromatic rings. The summed E-state index contributed by atoms with van der Waals surface area (Å²) in [6.45, 7) is 3.67. The molecule has 0 bridgehead atoms. The van der Waals surface area contributed by atoms with Crippen LogP contribution in [-0.4, -0.2) is 47.7 Å². The van der Waals surface area contributed by atoms with Crippen LogP contribution in [0.2, 0.25) is 0 Å². The van der Waals surface area contributed by atoms with Gasteiger partial charge in [-0.1, -0.05) is 0 Å². The van der Waals surface area contributed by atoms with Crippen molar-refractivity contribution in [3.05, 3.63) is 28.0 Å². The Balaban J connectivity index is 2.09. The maximum absolute atomic E-state index is 12.3. The second kappa shape index (κ2) is 5.99. The van der Waals surface area contributed by atoms with Gasteiger partial charge in [0.2, 0.25) is 0 Å². The molecule has 0 spiro atoms. The zero-order valence-corrected chi connectivity index (χ0v) is 11.4. The molecule has 1 atom stereocenters. The Morgan fingerprint density at radius 1 is 1.53 bits per heavy atom. The second-order valence-electron chi connectivity index (χ2n) is 4.30. The van der Waals surface area contributed by atoms with Crippen LogP contribution >= 0.6 is 11.3 Å². The van der Waals surface area contributed by atoms with Crippen LogP contribution in [0.5, 0.6) is 0 Å². The molecule has 1 aromatic heterocycles. The van der Waals surface area contributed by atoms with Gasteiger partial charge in [0.15, 0.2) is 0 Å². The molecule has 0 saturated carbocycles. The number of rotatable bonds is 3. The predicted molar refractivity (Wildman–Crippen MR) is 72.3 cm³/mol. The molecule has 1 amide bonds. The molecule has 0 radical (unpaired) electrons. The standard InChI is InChI=1S/C13H15NO4S/c1-9-8-18-7-6-14(9)13(17)11-4-2-10(19-11)3-5-12(15)16/h2-5,9H,6-8H2,1H3,(H,15,16). The van der Waals surface area contributed by atoms with Crippen molar-refractivity contribution in [2.75, 3.05) is 19.8 Å². The van der Waals surface area contributed by atoms with E-state index < -0.39 is 5.97 Å². The number of carboxylic acid groups (broad SMARTS) is 1. The molecule has 0 aliphatic carbocycles. The Hall–Kier alpha value is -1.66. The lowest BCUT2D eigenvalue weighted by Gasteiger charge is -2.32. The number of morpholine rings is 1. The van der Waals surface area contributed by atoms with E-state index in [4.69, 9.17) is 9.84 Å². The number of carbonyl (C=O) groups is 2. The molecule has 1 saturated heterocycles. The van der Waals surface area contributed by atoms with Crippen LogP contribution in [0.3, 0.4) is 0 Å². The molecule has 1 aliphatic rings. The number of aliphatic carboxylic acids is 1. The molecule has 2 heterocycles. The highest BCUT2D eigenvalue weighted by Gasteiger charge is 2.25. The van der Waals surface area contributed by atoms with Gasteiger partial charge in [0.1, 0.15) is 0 Å². The van der Waals surface area contributed by atoms with Crippen molar-refractivity contribution in [1.29, 1.82) is 0 Å². The van der Waals surface area contributed by atoms with Crippen molar-refractivity contribution in [3.8, 4) is 0 Å². The number of carboxylic acids is 1. The summed E-state index contributed by atoms with van der Waals surface area (Å²) in [5.74, 6) is -1.01. The van der Waals surface area contributed by atoms with Crippen LogP contribution in [0.4, 0.5) is 0 Å². The minimum atomic E-state index is -0.997. The normalized spacial score (nSPS) is 19.8. The Morgan fingerprint density at radius 3 is 3.00 bits per heavy atom. The number of hydrogen-bond acceptors (Lipinski definition) is 4. The van der Waals surface area contributed by atoms with Gasteiger partial charge in [-0.2, -0.15) is 0 Å². The van der Waals surface area contributed by atoms with E-state index >= 15 is 0 Å². The van der Waals surface area contributed by atoms with Crippen LogP contribution < -0.4 is 0 Å². The first-order valence-corrected chi connectivity index (χ1v) is 6.79. The summed E-state index contributed by atoms with van der Waals surface area (Å²) in [5, 5.41) is 8.56. The minimum absolute atomic E-state index is 0.0178. The van der Waals surface area contributed by atoms with Gasteiger partial charge in [0.05, 0.1) is 24.1 Å². The summed E-state index contributed by atoms with van der Waals surface area (Å²) in [4.78, 5) is 25.9. The van der Waals surface area contributed by atoms with E-state index in [1.807, 2.05) is 6.92 Å². The molecule has 2 rings (SSSR count). The molecule has 102 valence electrons. The van der Waals surface area contributed by atoms with Gasteiger partial charge in [-0.3, -0.25) is 4.79 Å². The molecule has 0 aromatic carbocycles. The molecule has 1 fully saturated rings. The van der Waals surface area contributed by atoms with Gasteiger partial charge in [0.25, 0.3) is 5.91 Å². The van der Waals surface area contributed by atoms with E-state index in [2.05, 4.69) is 0 Å². The van der Waals surface area contributed by atoms with Gasteiger partial charge < -0.3 is 14.7 Å². The second-order valence-corrected chi connectivity index (χ2v) is 5.41. The maximum atomic E-state index is 12.3. The molecule has 1 N–H and O–H groups in total. The van der Waals surface area contributed by atoms with E-state index in [1.54, 1.807) is 17.0 Å². The Labute approximate surface area is 115 Å². The van der Waals surface area contributed by atoms with Gasteiger partial charge in [-0.25, -0.2) is 4.79 Å². The highest BCUT2D eigenvalue weighted by molar-refractivity contribution is 7.14. The molecule has 5 nitrogen and oxygen atoms in total. The summed E-state index contributed by atoms with van der Waals surface area (Å²) in [7, 11) is 0. The van der Waals surface area contributed by atoms with Gasteiger partial charge in [-0.15, -0.1) is 11.3 Å². The summed E-state index contributed by atoms with van der Waals surface area (Å²) >= 11 is 1.30. The third kappa shape index (κ3) is 3.42. The van der Waals surface area contributed by atoms with Crippen LogP contribution in [0.25, 0.3) is 6.08 Å². The van der Waals surface area contributed by atoms with Crippen molar-refractivity contribution < 1.29 is 19.4 Å². The zero-order chi connectivity index (χ0) is 13.8. The first-order chi connectivity index (χ1) is 9.08. The largest absolute Gasteiger partial charge is 0.478 e. The fourth-order valence-electron chi connectivity index (χ4n) is 1.88. The van der Waals surface area contributed by atoms with E-state index in [0.717, 1.165) is 11.0 Å². The Bertz CT molecular complexity index is 508. The van der Waals surface area contributed by atoms with E-state index in [-0.39, 0.29) is 11.9 Å². The first kappa shape index (κ1) is 13.8. The van der Waals surface area contributed by atoms with Crippen LogP contribution in [-0.2, 0) is 9.53 Å². The fourth-order valence-corrected chi connectivity index (χ4v) is 2.75. The third-order valence-corrected chi connectivity index (χ3v) is 3.89. The van der Waals surface area contributed by atoms with Crippen LogP contribution in [0, 0.1) is 0 Å². The van der Waals surface area contributed by atoms with Gasteiger partial charge >= 0.3 is 5.97 Å². The summed E-state index contributed by atoms with van der Waals surface area (Å²) in [6, 6.07) is 3.56. The van der Waals surface area contributed by atoms with Crippen molar-refractivity contribution in [3.63, 3.8) is 0 Å². The Morgan fingerprint density at radius 2 is 2.32 bits per heavy atom. The maximum Gasteiger partial charge on any atom is 0.328 e. The van der Waals surface area contributed by atoms with Gasteiger partial charge in [0, 0.05) is 17.5 Å². The number of ether oxygens (including phenoxy) is 1. The number of amides is 1. The average Bonchev–Trinajstić information content (AvgIpc) is 2.85. The molecular weight excluding hydrogens is 266 g/mol. The minimum Gasteiger partial charge on any atom is -0.478 e. The van der Waals surface area contributed by atoms with Crippen molar-refractivity contribution >= 4 is 29.3 Å². The lowest BCUT2D eigenvalue weighted by atomic mass is 10.2. The van der Waals surface area contributed by atoms with E-state index in [1.165, 1.54) is 17.4 Å². The van der Waals surface area contributed by atoms with E-state index in [0.29, 0.717) is 24.6 Å². The van der Waals surface area contributed by atoms with E-state index in [9.17, 15) is 9.59 Å². The molecule has 19 heavy (non-hydrogen) atoms. The zero-order valence-electron chi connectivity index (χ0n) is 10.5. The van der Waals surface area contributed by atoms with Crippen molar-refractivity contribution in [2.24, 2.45) is 0 Å². The lowest BCUT2D eigenvalue weighted by Crippen LogP contribution is -2.46.